The Morgan fingerprint density at radius 1 is 1.00 bits per heavy atom. The maximum Gasteiger partial charge on any atom is 2.00 e. The molecule has 1 aliphatic carbocycles. The molecule has 1 aliphatic rings. The first-order chi connectivity index (χ1) is 9.45. The molecule has 2 aromatic rings. The Kier molecular flexibility index (Phi) is 6.83. The number of benzene rings is 2. The molecule has 0 saturated carbocycles. The molecule has 112 valence electrons. The SMILES string of the molecule is [C-]1=C(c2cccc3ccccc23)C=CC1.[CH2-][Si](C)(C)C.[Pt+2]. The quantitative estimate of drug-likeness (QED) is 0.369. The predicted molar refractivity (Wildman–Crippen MR) is 93.1 cm³/mol. The van der Waals surface area contributed by atoms with Gasteiger partial charge in [-0.25, -0.2) is 0 Å². The normalized spacial score (nSPS) is 13.2. The zero-order valence-corrected chi connectivity index (χ0v) is 16.2. The summed E-state index contributed by atoms with van der Waals surface area (Å²) < 4.78 is 0. The Bertz CT molecular complexity index is 637. The molecule has 0 unspecified atom stereocenters. The minimum absolute atomic E-state index is 0. The summed E-state index contributed by atoms with van der Waals surface area (Å²) in [6.07, 6.45) is 8.62. The van der Waals surface area contributed by atoms with Crippen LogP contribution < -0.4 is 0 Å². The molecule has 0 amide bonds. The van der Waals surface area contributed by atoms with E-state index in [1.165, 1.54) is 21.9 Å². The van der Waals surface area contributed by atoms with Gasteiger partial charge >= 0.3 is 21.1 Å². The van der Waals surface area contributed by atoms with E-state index in [2.05, 4.69) is 86.9 Å². The molecule has 2 heteroatoms. The number of hydrogen-bond acceptors (Lipinski definition) is 0. The van der Waals surface area contributed by atoms with E-state index in [0.29, 0.717) is 0 Å². The standard InChI is InChI=1S/C15H11.C4H11Si.Pt/c1-2-7-12(6-1)15-11-5-9-13-8-3-4-10-14(13)15;1-5(2,3)4;/h1,3-6,8-11H,2H2;1H2,2-4H3;/q2*-1;+2. The summed E-state index contributed by atoms with van der Waals surface area (Å²) in [5, 5.41) is 2.61. The van der Waals surface area contributed by atoms with Crippen molar-refractivity contribution in [1.29, 1.82) is 0 Å². The zero-order chi connectivity index (χ0) is 14.6. The van der Waals surface area contributed by atoms with Crippen LogP contribution in [0.15, 0.2) is 54.6 Å². The minimum Gasteiger partial charge on any atom is -0.342 e. The molecule has 0 saturated heterocycles. The molecule has 0 N–H and O–H groups in total. The molecule has 2 aromatic carbocycles. The van der Waals surface area contributed by atoms with E-state index in [0.717, 1.165) is 6.42 Å². The Balaban J connectivity index is 0.000000324. The average Bonchev–Trinajstić information content (AvgIpc) is 2.90. The van der Waals surface area contributed by atoms with E-state index in [-0.39, 0.29) is 21.1 Å². The van der Waals surface area contributed by atoms with Gasteiger partial charge in [0, 0.05) is 0 Å². The predicted octanol–water partition coefficient (Wildman–Crippen LogP) is 5.68. The fourth-order valence-electron chi connectivity index (χ4n) is 2.05. The number of rotatable bonds is 1. The van der Waals surface area contributed by atoms with Gasteiger partial charge in [0.1, 0.15) is 0 Å². The van der Waals surface area contributed by atoms with Crippen LogP contribution in [0.3, 0.4) is 0 Å². The fourth-order valence-corrected chi connectivity index (χ4v) is 2.05. The second-order valence-electron chi connectivity index (χ2n) is 6.28. The first kappa shape index (κ1) is 18.1. The van der Waals surface area contributed by atoms with E-state index >= 15 is 0 Å². The van der Waals surface area contributed by atoms with Crippen LogP contribution >= 0.6 is 0 Å². The number of allylic oxidation sites excluding steroid dienone is 4. The van der Waals surface area contributed by atoms with Gasteiger partial charge in [0.25, 0.3) is 0 Å². The van der Waals surface area contributed by atoms with Crippen molar-refractivity contribution in [2.24, 2.45) is 0 Å². The third-order valence-corrected chi connectivity index (χ3v) is 2.77. The summed E-state index contributed by atoms with van der Waals surface area (Å²) >= 11 is 0. The second-order valence-corrected chi connectivity index (χ2v) is 11.4. The zero-order valence-electron chi connectivity index (χ0n) is 12.9. The van der Waals surface area contributed by atoms with Crippen molar-refractivity contribution in [3.63, 3.8) is 0 Å². The van der Waals surface area contributed by atoms with Gasteiger partial charge in [0.05, 0.1) is 0 Å². The molecule has 0 aromatic heterocycles. The molecule has 3 rings (SSSR count). The third-order valence-electron chi connectivity index (χ3n) is 2.77. The van der Waals surface area contributed by atoms with Gasteiger partial charge < -0.3 is 6.55 Å². The van der Waals surface area contributed by atoms with Gasteiger partial charge in [-0.05, 0) is 5.39 Å². The van der Waals surface area contributed by atoms with E-state index in [1.807, 2.05) is 0 Å². The number of fused-ring (bicyclic) bond motifs is 1. The molecule has 0 heterocycles. The van der Waals surface area contributed by atoms with Gasteiger partial charge in [-0.1, -0.05) is 67.8 Å². The average molecular weight is 474 g/mol. The summed E-state index contributed by atoms with van der Waals surface area (Å²) in [6, 6.07) is 14.9. The van der Waals surface area contributed by atoms with Crippen molar-refractivity contribution in [3.8, 4) is 0 Å². The van der Waals surface area contributed by atoms with Crippen molar-refractivity contribution in [2.75, 3.05) is 0 Å². The van der Waals surface area contributed by atoms with Crippen LogP contribution in [0.5, 0.6) is 0 Å². The van der Waals surface area contributed by atoms with Gasteiger partial charge in [-0.15, -0.1) is 25.8 Å². The maximum atomic E-state index is 3.91. The van der Waals surface area contributed by atoms with E-state index in [4.69, 9.17) is 0 Å². The summed E-state index contributed by atoms with van der Waals surface area (Å²) in [5.74, 6) is 0. The smallest absolute Gasteiger partial charge is 0.342 e. The fraction of sp³-hybridized carbons (Fsp3) is 0.211. The summed E-state index contributed by atoms with van der Waals surface area (Å²) in [7, 11) is -0.861. The van der Waals surface area contributed by atoms with E-state index in [1.54, 1.807) is 0 Å². The summed E-state index contributed by atoms with van der Waals surface area (Å²) in [6.45, 7) is 10.6. The Labute approximate surface area is 144 Å². The Morgan fingerprint density at radius 3 is 2.24 bits per heavy atom. The molecule has 0 nitrogen and oxygen atoms in total. The number of hydrogen-bond donors (Lipinski definition) is 0. The first-order valence-corrected chi connectivity index (χ1v) is 10.8. The largest absolute Gasteiger partial charge is 2.00 e. The van der Waals surface area contributed by atoms with Crippen LogP contribution in [0, 0.1) is 12.6 Å². The van der Waals surface area contributed by atoms with Crippen LogP contribution in [-0.2, 0) is 21.1 Å². The van der Waals surface area contributed by atoms with Gasteiger partial charge in [0.2, 0.25) is 0 Å². The van der Waals surface area contributed by atoms with Gasteiger partial charge in [0.15, 0.2) is 0 Å². The Hall–Kier alpha value is -0.915. The van der Waals surface area contributed by atoms with Crippen LogP contribution in [0.2, 0.25) is 19.6 Å². The molecule has 0 aliphatic heterocycles. The van der Waals surface area contributed by atoms with Crippen molar-refractivity contribution in [1.82, 2.24) is 0 Å². The molecule has 21 heavy (non-hydrogen) atoms. The Morgan fingerprint density at radius 2 is 1.62 bits per heavy atom. The van der Waals surface area contributed by atoms with Crippen LogP contribution in [0.4, 0.5) is 0 Å². The van der Waals surface area contributed by atoms with E-state index in [9.17, 15) is 0 Å². The van der Waals surface area contributed by atoms with Crippen LogP contribution in [0.1, 0.15) is 12.0 Å². The maximum absolute atomic E-state index is 3.91. The molecule has 0 fully saturated rings. The van der Waals surface area contributed by atoms with Crippen molar-refractivity contribution >= 4 is 24.4 Å². The van der Waals surface area contributed by atoms with Crippen molar-refractivity contribution < 1.29 is 21.1 Å². The van der Waals surface area contributed by atoms with Crippen molar-refractivity contribution in [3.05, 3.63) is 72.8 Å². The van der Waals surface area contributed by atoms with Crippen LogP contribution in [-0.4, -0.2) is 8.07 Å². The van der Waals surface area contributed by atoms with Gasteiger partial charge in [-0.3, -0.25) is 0 Å². The molecule has 0 bridgehead atoms. The summed E-state index contributed by atoms with van der Waals surface area (Å²) in [5.41, 5.74) is 2.52. The first-order valence-electron chi connectivity index (χ1n) is 7.06. The minimum atomic E-state index is -0.861. The monoisotopic (exact) mass is 473 g/mol. The topological polar surface area (TPSA) is 0 Å². The third kappa shape index (κ3) is 5.77. The molecular formula is C19H22PtSi. The summed E-state index contributed by atoms with van der Waals surface area (Å²) in [4.78, 5) is 0. The van der Waals surface area contributed by atoms with Gasteiger partial charge in [-0.2, -0.15) is 17.7 Å². The second kappa shape index (κ2) is 7.91. The molecule has 0 atom stereocenters. The van der Waals surface area contributed by atoms with Crippen LogP contribution in [0.25, 0.3) is 16.3 Å². The van der Waals surface area contributed by atoms with Crippen molar-refractivity contribution in [2.45, 2.75) is 26.1 Å². The van der Waals surface area contributed by atoms with E-state index < -0.39 is 8.07 Å². The molecule has 0 spiro atoms. The molecular weight excluding hydrogens is 451 g/mol. The molecule has 0 radical (unpaired) electrons.